The van der Waals surface area contributed by atoms with Crippen LogP contribution in [-0.4, -0.2) is 182 Å². The standard InChI is InChI=1S/C60H71FN10O17/c1-3-60(83)40-28-45-56-38(33-71(45)58(81)39(40)34-88-59(60)82)55-44(10-9-37-35(2)41(61)29-42(68-56)54(37)55)69(17-13-46(62)72)53(79)32-66-57(80)43(27-36-7-5-4-6-8-36)67-50(76)31-65-49(75)30-64-48(74)15-19-84-21-23-86-25-26-87-24-22-85-20-16-63-47(73)14-18-70-51(77)11-12-52(70)78/h4-8,11-12,28-29,43-44,83H,3,9-10,13-27,30-34H2,1-2H3,(H2,62,72)(H,63,73)(H,64,74)(H,65,75)(H,66,80)(H,67,76)/t43-,44-,60-/m0/s1. The van der Waals surface area contributed by atoms with E-state index in [0.717, 1.165) is 17.1 Å². The van der Waals surface area contributed by atoms with Crippen molar-refractivity contribution in [3.8, 4) is 11.4 Å². The number of hydrogen-bond donors (Lipinski definition) is 7. The third-order valence-corrected chi connectivity index (χ3v) is 15.5. The fraction of sp³-hybridized carbons (Fsp3) is 0.467. The van der Waals surface area contributed by atoms with E-state index in [4.69, 9.17) is 34.4 Å². The first-order chi connectivity index (χ1) is 42.3. The molecule has 27 nitrogen and oxygen atoms in total. The molecule has 3 atom stereocenters. The van der Waals surface area contributed by atoms with Crippen molar-refractivity contribution in [2.45, 2.75) is 89.6 Å². The Hall–Kier alpha value is -8.83. The van der Waals surface area contributed by atoms with Gasteiger partial charge in [-0.1, -0.05) is 37.3 Å². The number of aromatic nitrogens is 2. The summed E-state index contributed by atoms with van der Waals surface area (Å²) in [6.07, 6.45) is 2.34. The number of primary amides is 1. The molecule has 8 rings (SSSR count). The molecule has 28 heteroatoms. The van der Waals surface area contributed by atoms with Gasteiger partial charge >= 0.3 is 5.97 Å². The summed E-state index contributed by atoms with van der Waals surface area (Å²) in [6, 6.07) is 9.42. The molecule has 88 heavy (non-hydrogen) atoms. The third kappa shape index (κ3) is 15.8. The highest BCUT2D eigenvalue weighted by Crippen LogP contribution is 2.47. The smallest absolute Gasteiger partial charge is 0.343 e. The fourth-order valence-electron chi connectivity index (χ4n) is 10.9. The molecule has 0 saturated heterocycles. The Kier molecular flexibility index (Phi) is 22.4. The maximum Gasteiger partial charge on any atom is 0.343 e. The molecular weight excluding hydrogens is 1150 g/mol. The highest BCUT2D eigenvalue weighted by Gasteiger charge is 2.46. The summed E-state index contributed by atoms with van der Waals surface area (Å²) in [5, 5.41) is 24.8. The number of imide groups is 1. The fourth-order valence-corrected chi connectivity index (χ4v) is 10.9. The van der Waals surface area contributed by atoms with Crippen LogP contribution in [-0.2, 0) is 103 Å². The second-order valence-electron chi connectivity index (χ2n) is 21.2. The van der Waals surface area contributed by atoms with Crippen molar-refractivity contribution in [3.63, 3.8) is 0 Å². The molecule has 0 radical (unpaired) electrons. The summed E-state index contributed by atoms with van der Waals surface area (Å²) in [7, 11) is 0. The van der Waals surface area contributed by atoms with Gasteiger partial charge in [0.25, 0.3) is 17.4 Å². The van der Waals surface area contributed by atoms with Gasteiger partial charge in [0.15, 0.2) is 5.60 Å². The highest BCUT2D eigenvalue weighted by molar-refractivity contribution is 6.13. The zero-order valence-corrected chi connectivity index (χ0v) is 48.8. The average molecular weight is 1220 g/mol. The lowest BCUT2D eigenvalue weighted by Crippen LogP contribution is -2.53. The van der Waals surface area contributed by atoms with Gasteiger partial charge in [-0.2, -0.15) is 0 Å². The van der Waals surface area contributed by atoms with Crippen LogP contribution in [0.5, 0.6) is 0 Å². The minimum absolute atomic E-state index is 0.00165. The maximum atomic E-state index is 15.7. The van der Waals surface area contributed by atoms with Gasteiger partial charge in [-0.3, -0.25) is 52.8 Å². The van der Waals surface area contributed by atoms with Gasteiger partial charge in [0.05, 0.1) is 108 Å². The number of ether oxygens (including phenoxy) is 5. The number of aryl methyl sites for hydroxylation is 1. The summed E-state index contributed by atoms with van der Waals surface area (Å²) in [5.74, 6) is -6.71. The van der Waals surface area contributed by atoms with Gasteiger partial charge in [-0.15, -0.1) is 0 Å². The number of hydrogen-bond acceptors (Lipinski definition) is 18. The molecule has 0 saturated carbocycles. The molecule has 4 aromatic rings. The van der Waals surface area contributed by atoms with Gasteiger partial charge in [-0.05, 0) is 54.5 Å². The first-order valence-corrected chi connectivity index (χ1v) is 28.9. The second-order valence-corrected chi connectivity index (χ2v) is 21.2. The van der Waals surface area contributed by atoms with E-state index in [9.17, 15) is 57.8 Å². The summed E-state index contributed by atoms with van der Waals surface area (Å²) >= 11 is 0. The zero-order valence-electron chi connectivity index (χ0n) is 48.8. The van der Waals surface area contributed by atoms with Crippen LogP contribution in [0, 0.1) is 12.7 Å². The van der Waals surface area contributed by atoms with Crippen molar-refractivity contribution in [2.75, 3.05) is 92.1 Å². The lowest BCUT2D eigenvalue weighted by Gasteiger charge is -2.37. The molecule has 1 aliphatic carbocycles. The molecular formula is C60H71FN10O17. The summed E-state index contributed by atoms with van der Waals surface area (Å²) in [4.78, 5) is 149. The van der Waals surface area contributed by atoms with Crippen LogP contribution in [0.15, 0.2) is 59.4 Å². The predicted octanol–water partition coefficient (Wildman–Crippen LogP) is -0.818. The molecule has 2 aromatic carbocycles. The number of rotatable bonds is 33. The first kappa shape index (κ1) is 65.2. The van der Waals surface area contributed by atoms with E-state index in [0.29, 0.717) is 39.8 Å². The topological polar surface area (TPSA) is 365 Å². The summed E-state index contributed by atoms with van der Waals surface area (Å²) < 4.78 is 44.1. The van der Waals surface area contributed by atoms with Gasteiger partial charge in [0.2, 0.25) is 41.4 Å². The van der Waals surface area contributed by atoms with Crippen molar-refractivity contribution in [3.05, 3.63) is 110 Å². The van der Waals surface area contributed by atoms with Gasteiger partial charge < -0.3 is 70.6 Å². The van der Waals surface area contributed by atoms with E-state index in [1.807, 2.05) is 0 Å². The van der Waals surface area contributed by atoms with Crippen LogP contribution in [0.2, 0.25) is 0 Å². The lowest BCUT2D eigenvalue weighted by molar-refractivity contribution is -0.172. The van der Waals surface area contributed by atoms with Gasteiger partial charge in [0.1, 0.15) is 18.5 Å². The van der Waals surface area contributed by atoms with Crippen molar-refractivity contribution in [2.24, 2.45) is 5.73 Å². The molecule has 0 spiro atoms. The number of pyridine rings is 2. The molecule has 0 bridgehead atoms. The van der Waals surface area contributed by atoms with Gasteiger partial charge in [0, 0.05) is 80.0 Å². The number of halogens is 1. The Labute approximate surface area is 504 Å². The molecule has 4 aliphatic rings. The number of nitrogens with one attached hydrogen (secondary N) is 5. The number of nitrogens with zero attached hydrogens (tertiary/aromatic N) is 4. The van der Waals surface area contributed by atoms with E-state index >= 15 is 4.39 Å². The van der Waals surface area contributed by atoms with Crippen molar-refractivity contribution < 1.29 is 81.1 Å². The number of fused-ring (bicyclic) bond motifs is 5. The largest absolute Gasteiger partial charge is 0.458 e. The SMILES string of the molecule is CC[C@@]1(O)C(=O)OCc2c1cc1n(c2=O)Cc2c-1nc1cc(F)c(C)c3c1c2[C@@H](N(CCC(N)=O)C(=O)CNC(=O)[C@H](Cc1ccccc1)NC(=O)CNC(=O)CNC(=O)CCOCCOCCOCCOCCNC(=O)CCN1C(=O)C=CC1=O)CC3. The maximum absolute atomic E-state index is 15.7. The summed E-state index contributed by atoms with van der Waals surface area (Å²) in [5.41, 5.74) is 6.65. The van der Waals surface area contributed by atoms with Crippen LogP contribution < -0.4 is 37.9 Å². The van der Waals surface area contributed by atoms with E-state index in [2.05, 4.69) is 26.6 Å². The number of carbonyl (C=O) groups is 10. The quantitative estimate of drug-likeness (QED) is 0.0153. The van der Waals surface area contributed by atoms with E-state index in [-0.39, 0.29) is 158 Å². The Bertz CT molecular complexity index is 3430. The number of nitrogens with two attached hydrogens (primary N) is 1. The van der Waals surface area contributed by atoms with Crippen LogP contribution in [0.1, 0.15) is 84.0 Å². The molecule has 8 N–H and O–H groups in total. The number of cyclic esters (lactones) is 1. The van der Waals surface area contributed by atoms with E-state index in [1.165, 1.54) is 21.6 Å². The number of amides is 9. The molecule has 0 unspecified atom stereocenters. The number of esters is 1. The Balaban J connectivity index is 0.785. The lowest BCUT2D eigenvalue weighted by atomic mass is 9.81. The van der Waals surface area contributed by atoms with Crippen LogP contribution >= 0.6 is 0 Å². The first-order valence-electron chi connectivity index (χ1n) is 28.9. The monoisotopic (exact) mass is 1220 g/mol. The van der Waals surface area contributed by atoms with Crippen LogP contribution in [0.3, 0.4) is 0 Å². The molecule has 470 valence electrons. The highest BCUT2D eigenvalue weighted by atomic mass is 19.1. The third-order valence-electron chi connectivity index (χ3n) is 15.5. The number of carbonyl (C=O) groups excluding carboxylic acids is 10. The molecule has 5 heterocycles. The molecule has 9 amide bonds. The molecule has 3 aliphatic heterocycles. The van der Waals surface area contributed by atoms with Crippen LogP contribution in [0.4, 0.5) is 4.39 Å². The van der Waals surface area contributed by atoms with Gasteiger partial charge in [-0.25, -0.2) is 14.2 Å². The van der Waals surface area contributed by atoms with Crippen LogP contribution in [0.25, 0.3) is 22.3 Å². The molecule has 2 aromatic heterocycles. The Morgan fingerprint density at radius 3 is 2.12 bits per heavy atom. The van der Waals surface area contributed by atoms with E-state index < -0.39 is 102 Å². The minimum atomic E-state index is -2.12. The average Bonchev–Trinajstić information content (AvgIpc) is 1.43. The van der Waals surface area contributed by atoms with Crippen molar-refractivity contribution in [1.82, 2.24) is 45.9 Å². The predicted molar refractivity (Wildman–Crippen MR) is 308 cm³/mol. The number of benzene rings is 2. The second kappa shape index (κ2) is 30.2. The van der Waals surface area contributed by atoms with Crippen molar-refractivity contribution >= 4 is 70.0 Å². The zero-order chi connectivity index (χ0) is 63.1. The molecule has 0 fully saturated rings. The Morgan fingerprint density at radius 2 is 1.44 bits per heavy atom. The normalized spacial score (nSPS) is 16.5. The minimum Gasteiger partial charge on any atom is -0.458 e. The van der Waals surface area contributed by atoms with Crippen molar-refractivity contribution in [1.29, 1.82) is 0 Å². The Morgan fingerprint density at radius 1 is 0.795 bits per heavy atom. The number of aliphatic hydroxyl groups is 1. The van der Waals surface area contributed by atoms with E-state index in [1.54, 1.807) is 44.2 Å². The summed E-state index contributed by atoms with van der Waals surface area (Å²) in [6.45, 7) is 3.01.